The topological polar surface area (TPSA) is 46.5 Å². The lowest BCUT2D eigenvalue weighted by Crippen LogP contribution is -2.19. The van der Waals surface area contributed by atoms with Crippen molar-refractivity contribution in [2.75, 3.05) is 0 Å². The quantitative estimate of drug-likeness (QED) is 0.747. The van der Waals surface area contributed by atoms with E-state index in [0.29, 0.717) is 16.4 Å². The van der Waals surface area contributed by atoms with Crippen LogP contribution in [0.5, 0.6) is 11.5 Å². The molecule has 0 spiro atoms. The second kappa shape index (κ2) is 6.08. The first kappa shape index (κ1) is 14.4. The average Bonchev–Trinajstić information content (AvgIpc) is 2.56. The number of rotatable bonds is 4. The fourth-order valence-corrected chi connectivity index (χ4v) is 4.24. The maximum Gasteiger partial charge on any atom is 0.306 e. The van der Waals surface area contributed by atoms with Crippen LogP contribution in [0.4, 0.5) is 0 Å². The second-order valence-electron chi connectivity index (χ2n) is 4.81. The molecule has 0 aliphatic carbocycles. The summed E-state index contributed by atoms with van der Waals surface area (Å²) in [5.74, 6) is 0.446. The van der Waals surface area contributed by atoms with Crippen LogP contribution >= 0.6 is 7.37 Å². The van der Waals surface area contributed by atoms with E-state index in [2.05, 4.69) is 0 Å². The molecular weight excluding hydrogens is 295 g/mol. The molecule has 22 heavy (non-hydrogen) atoms. The summed E-state index contributed by atoms with van der Waals surface area (Å²) in [5.41, 5.74) is 0. The summed E-state index contributed by atoms with van der Waals surface area (Å²) in [6, 6.07) is 24.5. The molecule has 0 aliphatic rings. The summed E-state index contributed by atoms with van der Waals surface area (Å²) < 4.78 is 19.4. The molecule has 0 saturated heterocycles. The molecule has 0 bridgehead atoms. The highest BCUT2D eigenvalue weighted by Crippen LogP contribution is 2.45. The van der Waals surface area contributed by atoms with Gasteiger partial charge in [0.2, 0.25) is 0 Å². The summed E-state index contributed by atoms with van der Waals surface area (Å²) in [5, 5.41) is 10.8. The van der Waals surface area contributed by atoms with Gasteiger partial charge < -0.3 is 9.63 Å². The highest BCUT2D eigenvalue weighted by Gasteiger charge is 2.29. The van der Waals surface area contributed by atoms with E-state index in [4.69, 9.17) is 4.52 Å². The summed E-state index contributed by atoms with van der Waals surface area (Å²) in [6.07, 6.45) is 0. The standard InChI is InChI=1S/C18H15O3P/c19-15-8-7-9-16(14-15)21-22(20,17-10-3-1-4-11-17)18-12-5-2-6-13-18/h1-14,19H. The van der Waals surface area contributed by atoms with E-state index in [0.717, 1.165) is 0 Å². The van der Waals surface area contributed by atoms with E-state index in [1.807, 2.05) is 36.4 Å². The molecule has 0 unspecified atom stereocenters. The van der Waals surface area contributed by atoms with Gasteiger partial charge in [-0.05, 0) is 36.4 Å². The third-order valence-corrected chi connectivity index (χ3v) is 5.67. The number of hydrogen-bond donors (Lipinski definition) is 1. The molecule has 3 aromatic rings. The zero-order valence-corrected chi connectivity index (χ0v) is 12.7. The lowest BCUT2D eigenvalue weighted by Gasteiger charge is -2.20. The number of aromatic hydroxyl groups is 1. The number of hydrogen-bond acceptors (Lipinski definition) is 3. The maximum atomic E-state index is 13.6. The zero-order valence-electron chi connectivity index (χ0n) is 11.8. The predicted molar refractivity (Wildman–Crippen MR) is 88.5 cm³/mol. The van der Waals surface area contributed by atoms with E-state index in [-0.39, 0.29) is 5.75 Å². The molecule has 0 heterocycles. The molecule has 0 atom stereocenters. The Kier molecular flexibility index (Phi) is 3.99. The maximum absolute atomic E-state index is 13.6. The molecule has 0 radical (unpaired) electrons. The van der Waals surface area contributed by atoms with E-state index in [9.17, 15) is 9.67 Å². The van der Waals surface area contributed by atoms with E-state index < -0.39 is 7.37 Å². The summed E-state index contributed by atoms with van der Waals surface area (Å²) in [6.45, 7) is 0. The fourth-order valence-electron chi connectivity index (χ4n) is 2.19. The van der Waals surface area contributed by atoms with Gasteiger partial charge in [-0.3, -0.25) is 4.57 Å². The number of phenols is 1. The normalized spacial score (nSPS) is 11.1. The monoisotopic (exact) mass is 310 g/mol. The molecule has 0 aliphatic heterocycles. The van der Waals surface area contributed by atoms with Crippen LogP contribution in [0.25, 0.3) is 0 Å². The highest BCUT2D eigenvalue weighted by atomic mass is 31.2. The third-order valence-electron chi connectivity index (χ3n) is 3.24. The van der Waals surface area contributed by atoms with Gasteiger partial charge in [0.25, 0.3) is 0 Å². The van der Waals surface area contributed by atoms with Crippen LogP contribution in [0.2, 0.25) is 0 Å². The van der Waals surface area contributed by atoms with Gasteiger partial charge in [0, 0.05) is 6.07 Å². The molecule has 3 aromatic carbocycles. The average molecular weight is 310 g/mol. The van der Waals surface area contributed by atoms with Gasteiger partial charge in [-0.1, -0.05) is 42.5 Å². The van der Waals surface area contributed by atoms with Crippen LogP contribution in [0.3, 0.4) is 0 Å². The Morgan fingerprint density at radius 1 is 0.727 bits per heavy atom. The van der Waals surface area contributed by atoms with Gasteiger partial charge in [-0.25, -0.2) is 0 Å². The molecule has 0 fully saturated rings. The minimum Gasteiger partial charge on any atom is -0.508 e. The molecule has 110 valence electrons. The van der Waals surface area contributed by atoms with Crippen molar-refractivity contribution in [2.24, 2.45) is 0 Å². The first-order chi connectivity index (χ1) is 10.7. The molecule has 3 nitrogen and oxygen atoms in total. The van der Waals surface area contributed by atoms with E-state index in [1.54, 1.807) is 42.5 Å². The largest absolute Gasteiger partial charge is 0.508 e. The molecule has 0 saturated carbocycles. The van der Waals surface area contributed by atoms with Crippen molar-refractivity contribution in [3.8, 4) is 11.5 Å². The Morgan fingerprint density at radius 2 is 1.27 bits per heavy atom. The number of phenolic OH excluding ortho intramolecular Hbond substituents is 1. The Hall–Kier alpha value is -2.51. The first-order valence-corrected chi connectivity index (χ1v) is 8.51. The van der Waals surface area contributed by atoms with Gasteiger partial charge in [-0.15, -0.1) is 0 Å². The summed E-state index contributed by atoms with van der Waals surface area (Å²) >= 11 is 0. The smallest absolute Gasteiger partial charge is 0.306 e. The van der Waals surface area contributed by atoms with E-state index >= 15 is 0 Å². The Morgan fingerprint density at radius 3 is 1.77 bits per heavy atom. The van der Waals surface area contributed by atoms with Crippen molar-refractivity contribution in [2.45, 2.75) is 0 Å². The molecular formula is C18H15O3P. The van der Waals surface area contributed by atoms with Gasteiger partial charge in [0.15, 0.2) is 0 Å². The molecule has 0 amide bonds. The van der Waals surface area contributed by atoms with Gasteiger partial charge >= 0.3 is 7.37 Å². The van der Waals surface area contributed by atoms with Crippen molar-refractivity contribution < 1.29 is 14.2 Å². The Bertz CT molecular complexity index is 757. The van der Waals surface area contributed by atoms with Crippen molar-refractivity contribution in [3.05, 3.63) is 84.9 Å². The Balaban J connectivity index is 2.10. The van der Waals surface area contributed by atoms with Gasteiger partial charge in [-0.2, -0.15) is 0 Å². The van der Waals surface area contributed by atoms with Crippen LogP contribution in [0.15, 0.2) is 84.9 Å². The minimum atomic E-state index is -3.28. The molecule has 4 heteroatoms. The molecule has 3 rings (SSSR count). The van der Waals surface area contributed by atoms with Crippen molar-refractivity contribution >= 4 is 18.0 Å². The molecule has 0 aromatic heterocycles. The van der Waals surface area contributed by atoms with Crippen LogP contribution in [-0.2, 0) is 4.57 Å². The van der Waals surface area contributed by atoms with Crippen LogP contribution < -0.4 is 15.1 Å². The van der Waals surface area contributed by atoms with Crippen molar-refractivity contribution in [3.63, 3.8) is 0 Å². The van der Waals surface area contributed by atoms with Crippen molar-refractivity contribution in [1.82, 2.24) is 0 Å². The van der Waals surface area contributed by atoms with E-state index in [1.165, 1.54) is 6.07 Å². The lowest BCUT2D eigenvalue weighted by molar-refractivity contribution is 0.467. The Labute approximate surface area is 129 Å². The highest BCUT2D eigenvalue weighted by molar-refractivity contribution is 7.74. The third kappa shape index (κ3) is 2.90. The summed E-state index contributed by atoms with van der Waals surface area (Å²) in [7, 11) is -3.28. The lowest BCUT2D eigenvalue weighted by atomic mass is 10.3. The number of benzene rings is 3. The van der Waals surface area contributed by atoms with Gasteiger partial charge in [0.1, 0.15) is 11.5 Å². The second-order valence-corrected chi connectivity index (χ2v) is 7.13. The van der Waals surface area contributed by atoms with Crippen LogP contribution in [0.1, 0.15) is 0 Å². The van der Waals surface area contributed by atoms with Gasteiger partial charge in [0.05, 0.1) is 10.6 Å². The minimum absolute atomic E-state index is 0.0742. The molecule has 1 N–H and O–H groups in total. The van der Waals surface area contributed by atoms with Crippen LogP contribution in [0, 0.1) is 0 Å². The first-order valence-electron chi connectivity index (χ1n) is 6.88. The predicted octanol–water partition coefficient (Wildman–Crippen LogP) is 3.70. The van der Waals surface area contributed by atoms with Crippen LogP contribution in [-0.4, -0.2) is 5.11 Å². The zero-order chi connectivity index (χ0) is 15.4. The fraction of sp³-hybridized carbons (Fsp3) is 0. The summed E-state index contributed by atoms with van der Waals surface area (Å²) in [4.78, 5) is 0. The SMILES string of the molecule is O=P(Oc1cccc(O)c1)(c1ccccc1)c1ccccc1. The van der Waals surface area contributed by atoms with Crippen molar-refractivity contribution in [1.29, 1.82) is 0 Å².